The van der Waals surface area contributed by atoms with Gasteiger partial charge < -0.3 is 25.8 Å². The molecule has 0 aliphatic carbocycles. The maximum Gasteiger partial charge on any atom is 0.206 e. The van der Waals surface area contributed by atoms with Crippen LogP contribution in [0.15, 0.2) is 42.5 Å². The first-order valence-corrected chi connectivity index (χ1v) is 10.1. The Bertz CT molecular complexity index is 1010. The summed E-state index contributed by atoms with van der Waals surface area (Å²) in [7, 11) is 3.27. The molecule has 0 radical (unpaired) electrons. The van der Waals surface area contributed by atoms with Gasteiger partial charge in [-0.1, -0.05) is 11.3 Å². The van der Waals surface area contributed by atoms with Gasteiger partial charge in [-0.3, -0.25) is 4.79 Å². The van der Waals surface area contributed by atoms with Crippen LogP contribution in [0.25, 0.3) is 0 Å². The summed E-state index contributed by atoms with van der Waals surface area (Å²) in [5, 5.41) is 6.65. The van der Waals surface area contributed by atoms with Crippen molar-refractivity contribution < 1.29 is 18.7 Å². The van der Waals surface area contributed by atoms with E-state index in [1.54, 1.807) is 0 Å². The fourth-order valence-corrected chi connectivity index (χ4v) is 3.55. The third-order valence-electron chi connectivity index (χ3n) is 4.22. The Morgan fingerprint density at radius 1 is 1.23 bits per heavy atom. The second-order valence-corrected chi connectivity index (χ2v) is 7.37. The van der Waals surface area contributed by atoms with Crippen LogP contribution in [-0.4, -0.2) is 38.1 Å². The van der Waals surface area contributed by atoms with Gasteiger partial charge in [-0.05, 0) is 62.5 Å². The van der Waals surface area contributed by atoms with E-state index < -0.39 is 11.6 Å². The van der Waals surface area contributed by atoms with Gasteiger partial charge in [-0.25, -0.2) is 9.37 Å². The van der Waals surface area contributed by atoms with Gasteiger partial charge in [0.1, 0.15) is 16.4 Å². The third-order valence-corrected chi connectivity index (χ3v) is 5.20. The zero-order chi connectivity index (χ0) is 21.5. The van der Waals surface area contributed by atoms with E-state index in [1.165, 1.54) is 19.2 Å². The fraction of sp³-hybridized carbons (Fsp3) is 0.238. The predicted molar refractivity (Wildman–Crippen MR) is 117 cm³/mol. The predicted octanol–water partition coefficient (Wildman–Crippen LogP) is 3.84. The van der Waals surface area contributed by atoms with Crippen molar-refractivity contribution in [3.63, 3.8) is 0 Å². The Morgan fingerprint density at radius 2 is 2.00 bits per heavy atom. The van der Waals surface area contributed by atoms with Crippen molar-refractivity contribution in [3.8, 4) is 11.5 Å². The minimum atomic E-state index is -0.613. The molecular formula is C21H23FN4O3S. The SMILES string of the molecule is CNCCCOc1ccc(Nc2nc(N)c(C(=O)c3ccc(OC)c(F)c3)s2)cc1. The van der Waals surface area contributed by atoms with E-state index in [2.05, 4.69) is 15.6 Å². The highest BCUT2D eigenvalue weighted by molar-refractivity contribution is 7.18. The van der Waals surface area contributed by atoms with Crippen molar-refractivity contribution in [2.24, 2.45) is 0 Å². The molecule has 2 aromatic carbocycles. The number of nitrogens with zero attached hydrogens (tertiary/aromatic N) is 1. The number of hydrogen-bond acceptors (Lipinski definition) is 8. The van der Waals surface area contributed by atoms with Crippen LogP contribution in [0.4, 0.5) is 21.0 Å². The van der Waals surface area contributed by atoms with E-state index >= 15 is 0 Å². The molecule has 0 atom stereocenters. The monoisotopic (exact) mass is 430 g/mol. The smallest absolute Gasteiger partial charge is 0.206 e. The number of methoxy groups -OCH3 is 1. The van der Waals surface area contributed by atoms with Crippen LogP contribution >= 0.6 is 11.3 Å². The molecule has 0 aliphatic rings. The zero-order valence-electron chi connectivity index (χ0n) is 16.7. The molecule has 158 valence electrons. The van der Waals surface area contributed by atoms with Gasteiger partial charge in [-0.2, -0.15) is 0 Å². The van der Waals surface area contributed by atoms with Crippen LogP contribution in [0, 0.1) is 5.82 Å². The number of carbonyl (C=O) groups is 1. The van der Waals surface area contributed by atoms with Crippen molar-refractivity contribution in [1.29, 1.82) is 0 Å². The number of hydrogen-bond donors (Lipinski definition) is 3. The van der Waals surface area contributed by atoms with E-state index in [-0.39, 0.29) is 22.0 Å². The molecule has 0 aliphatic heterocycles. The summed E-state index contributed by atoms with van der Waals surface area (Å²) >= 11 is 1.11. The van der Waals surface area contributed by atoms with Crippen LogP contribution < -0.4 is 25.8 Å². The molecule has 0 fully saturated rings. The standard InChI is InChI=1S/C21H23FN4O3S/c1-24-10-3-11-29-15-7-5-14(6-8-15)25-21-26-20(23)19(30-21)18(27)13-4-9-17(28-2)16(22)12-13/h4-9,12,24H,3,10-11,23H2,1-2H3,(H,25,26). The number of halogens is 1. The van der Waals surface area contributed by atoms with Gasteiger partial charge in [0.15, 0.2) is 16.7 Å². The average molecular weight is 431 g/mol. The first-order chi connectivity index (χ1) is 14.5. The number of anilines is 3. The Balaban J connectivity index is 1.67. The summed E-state index contributed by atoms with van der Waals surface area (Å²) < 4.78 is 24.5. The molecule has 0 amide bonds. The van der Waals surface area contributed by atoms with E-state index in [0.29, 0.717) is 11.7 Å². The normalized spacial score (nSPS) is 10.6. The highest BCUT2D eigenvalue weighted by Gasteiger charge is 2.19. The zero-order valence-corrected chi connectivity index (χ0v) is 17.5. The number of aromatic nitrogens is 1. The highest BCUT2D eigenvalue weighted by Crippen LogP contribution is 2.31. The molecule has 0 saturated heterocycles. The second-order valence-electron chi connectivity index (χ2n) is 6.37. The summed E-state index contributed by atoms with van der Waals surface area (Å²) in [6.45, 7) is 1.53. The van der Waals surface area contributed by atoms with Crippen molar-refractivity contribution >= 4 is 33.8 Å². The van der Waals surface area contributed by atoms with E-state index in [9.17, 15) is 9.18 Å². The first-order valence-electron chi connectivity index (χ1n) is 9.31. The summed E-state index contributed by atoms with van der Waals surface area (Å²) in [5.41, 5.74) is 6.88. The molecule has 0 bridgehead atoms. The van der Waals surface area contributed by atoms with Gasteiger partial charge >= 0.3 is 0 Å². The van der Waals surface area contributed by atoms with E-state index in [4.69, 9.17) is 15.2 Å². The number of rotatable bonds is 10. The van der Waals surface area contributed by atoms with Crippen LogP contribution in [0.1, 0.15) is 21.7 Å². The number of benzene rings is 2. The Kier molecular flexibility index (Phi) is 7.21. The molecule has 0 spiro atoms. The number of ether oxygens (including phenoxy) is 2. The number of nitrogens with one attached hydrogen (secondary N) is 2. The molecule has 3 aromatic rings. The molecule has 0 saturated carbocycles. The molecule has 9 heteroatoms. The minimum absolute atomic E-state index is 0.0700. The van der Waals surface area contributed by atoms with Crippen LogP contribution in [0.2, 0.25) is 0 Å². The lowest BCUT2D eigenvalue weighted by atomic mass is 10.1. The molecular weight excluding hydrogens is 407 g/mol. The van der Waals surface area contributed by atoms with Crippen molar-refractivity contribution in [1.82, 2.24) is 10.3 Å². The largest absolute Gasteiger partial charge is 0.494 e. The lowest BCUT2D eigenvalue weighted by Crippen LogP contribution is -2.11. The van der Waals surface area contributed by atoms with E-state index in [1.807, 2.05) is 31.3 Å². The maximum absolute atomic E-state index is 13.9. The van der Waals surface area contributed by atoms with Gasteiger partial charge in [-0.15, -0.1) is 0 Å². The topological polar surface area (TPSA) is 98.5 Å². The summed E-state index contributed by atoms with van der Waals surface area (Å²) in [5.74, 6) is -0.0791. The van der Waals surface area contributed by atoms with Crippen LogP contribution in [0.5, 0.6) is 11.5 Å². The van der Waals surface area contributed by atoms with Gasteiger partial charge in [0, 0.05) is 11.3 Å². The summed E-state index contributed by atoms with van der Waals surface area (Å²) in [6, 6.07) is 11.4. The number of thiazole rings is 1. The van der Waals surface area contributed by atoms with Crippen LogP contribution in [0.3, 0.4) is 0 Å². The molecule has 3 rings (SSSR count). The number of ketones is 1. The maximum atomic E-state index is 13.9. The summed E-state index contributed by atoms with van der Waals surface area (Å²) in [4.78, 5) is 17.2. The van der Waals surface area contributed by atoms with Crippen molar-refractivity contribution in [2.45, 2.75) is 6.42 Å². The molecule has 1 heterocycles. The first kappa shape index (κ1) is 21.5. The van der Waals surface area contributed by atoms with E-state index in [0.717, 1.165) is 41.8 Å². The fourth-order valence-electron chi connectivity index (χ4n) is 2.68. The Labute approximate surface area is 178 Å². The van der Waals surface area contributed by atoms with Gasteiger partial charge in [0.25, 0.3) is 0 Å². The molecule has 0 unspecified atom stereocenters. The van der Waals surface area contributed by atoms with Crippen molar-refractivity contribution in [3.05, 3.63) is 58.7 Å². The quantitative estimate of drug-likeness (QED) is 0.332. The second kappa shape index (κ2) is 10.0. The lowest BCUT2D eigenvalue weighted by molar-refractivity contribution is 0.104. The average Bonchev–Trinajstić information content (AvgIpc) is 3.11. The minimum Gasteiger partial charge on any atom is -0.494 e. The van der Waals surface area contributed by atoms with Gasteiger partial charge in [0.05, 0.1) is 13.7 Å². The number of nitrogen functional groups attached to an aromatic ring is 1. The number of nitrogens with two attached hydrogens (primary N) is 1. The molecule has 30 heavy (non-hydrogen) atoms. The van der Waals surface area contributed by atoms with Crippen LogP contribution in [-0.2, 0) is 0 Å². The number of carbonyl (C=O) groups excluding carboxylic acids is 1. The molecule has 7 nitrogen and oxygen atoms in total. The Hall–Kier alpha value is -3.17. The lowest BCUT2D eigenvalue weighted by Gasteiger charge is -2.07. The highest BCUT2D eigenvalue weighted by atomic mass is 32.1. The van der Waals surface area contributed by atoms with Gasteiger partial charge in [0.2, 0.25) is 5.78 Å². The molecule has 1 aromatic heterocycles. The third kappa shape index (κ3) is 5.25. The Morgan fingerprint density at radius 3 is 2.67 bits per heavy atom. The van der Waals surface area contributed by atoms with Crippen molar-refractivity contribution in [2.75, 3.05) is 38.4 Å². The molecule has 4 N–H and O–H groups in total. The summed E-state index contributed by atoms with van der Waals surface area (Å²) in [6.07, 6.45) is 0.920.